The predicted molar refractivity (Wildman–Crippen MR) is 57.7 cm³/mol. The Hall–Kier alpha value is -0.243. The van der Waals surface area contributed by atoms with Gasteiger partial charge < -0.3 is 4.43 Å². The zero-order valence-electron chi connectivity index (χ0n) is 9.32. The van der Waals surface area contributed by atoms with Gasteiger partial charge in [0.15, 0.2) is 0 Å². The average molecular weight is 186 g/mol. The molecule has 0 aliphatic heterocycles. The third-order valence-electron chi connectivity index (χ3n) is 1.76. The van der Waals surface area contributed by atoms with Crippen molar-refractivity contribution >= 4 is 8.32 Å². The van der Waals surface area contributed by atoms with Crippen LogP contribution in [0.25, 0.3) is 0 Å². The Morgan fingerprint density at radius 1 is 1.08 bits per heavy atom. The van der Waals surface area contributed by atoms with Crippen molar-refractivity contribution in [1.82, 2.24) is 0 Å². The first-order valence-corrected chi connectivity index (χ1v) is 8.19. The van der Waals surface area contributed by atoms with E-state index in [1.807, 2.05) is 0 Å². The van der Waals surface area contributed by atoms with Crippen LogP contribution in [0.4, 0.5) is 0 Å². The molecule has 0 spiro atoms. The van der Waals surface area contributed by atoms with Gasteiger partial charge in [-0.1, -0.05) is 13.8 Å². The van der Waals surface area contributed by atoms with Gasteiger partial charge in [0.2, 0.25) is 8.32 Å². The Balaban J connectivity index is 4.38. The van der Waals surface area contributed by atoms with Gasteiger partial charge in [-0.15, -0.1) is 0 Å². The zero-order chi connectivity index (χ0) is 9.78. The molecule has 1 nitrogen and oxygen atoms in total. The van der Waals surface area contributed by atoms with E-state index in [-0.39, 0.29) is 0 Å². The van der Waals surface area contributed by atoms with Crippen molar-refractivity contribution in [2.75, 3.05) is 0 Å². The van der Waals surface area contributed by atoms with Crippen molar-refractivity contribution in [3.8, 4) is 0 Å². The summed E-state index contributed by atoms with van der Waals surface area (Å²) < 4.78 is 5.96. The summed E-state index contributed by atoms with van der Waals surface area (Å²) in [6, 6.07) is 0. The first kappa shape index (κ1) is 11.8. The lowest BCUT2D eigenvalue weighted by atomic mass is 10.2. The summed E-state index contributed by atoms with van der Waals surface area (Å²) in [7, 11) is -1.38. The van der Waals surface area contributed by atoms with Crippen molar-refractivity contribution in [2.24, 2.45) is 0 Å². The van der Waals surface area contributed by atoms with Gasteiger partial charge in [0, 0.05) is 6.42 Å². The van der Waals surface area contributed by atoms with Crippen LogP contribution < -0.4 is 0 Å². The van der Waals surface area contributed by atoms with Crippen molar-refractivity contribution < 1.29 is 4.43 Å². The molecule has 12 heavy (non-hydrogen) atoms. The first-order valence-electron chi connectivity index (χ1n) is 4.78. The Morgan fingerprint density at radius 2 is 1.58 bits per heavy atom. The highest BCUT2D eigenvalue weighted by Crippen LogP contribution is 2.18. The van der Waals surface area contributed by atoms with Gasteiger partial charge in [-0.25, -0.2) is 0 Å². The summed E-state index contributed by atoms with van der Waals surface area (Å²) in [5.74, 6) is 1.22. The van der Waals surface area contributed by atoms with E-state index >= 15 is 0 Å². The van der Waals surface area contributed by atoms with E-state index in [0.717, 1.165) is 12.8 Å². The Morgan fingerprint density at radius 3 is 1.83 bits per heavy atom. The maximum atomic E-state index is 5.96. The van der Waals surface area contributed by atoms with Gasteiger partial charge in [0.05, 0.1) is 5.76 Å². The molecule has 0 fully saturated rings. The molecular weight excluding hydrogens is 164 g/mol. The number of allylic oxidation sites excluding steroid dienone is 2. The van der Waals surface area contributed by atoms with E-state index in [1.165, 1.54) is 11.3 Å². The van der Waals surface area contributed by atoms with Crippen molar-refractivity contribution in [3.05, 3.63) is 11.3 Å². The molecule has 0 unspecified atom stereocenters. The molecule has 0 aliphatic rings. The fourth-order valence-corrected chi connectivity index (χ4v) is 2.09. The molecule has 0 amide bonds. The van der Waals surface area contributed by atoms with Gasteiger partial charge in [-0.3, -0.25) is 0 Å². The third-order valence-corrected chi connectivity index (χ3v) is 2.62. The van der Waals surface area contributed by atoms with Gasteiger partial charge in [0.25, 0.3) is 0 Å². The Kier molecular flexibility index (Phi) is 4.61. The Bertz CT molecular complexity index is 165. The number of hydrogen-bond donors (Lipinski definition) is 0. The summed E-state index contributed by atoms with van der Waals surface area (Å²) in [5, 5.41) is 0. The predicted octanol–water partition coefficient (Wildman–Crippen LogP) is 3.93. The molecule has 0 N–H and O–H groups in total. The van der Waals surface area contributed by atoms with Crippen LogP contribution in [0.5, 0.6) is 0 Å². The second-order valence-electron chi connectivity index (χ2n) is 4.13. The van der Waals surface area contributed by atoms with E-state index in [2.05, 4.69) is 40.4 Å². The maximum Gasteiger partial charge on any atom is 0.241 e. The maximum absolute atomic E-state index is 5.96. The smallest absolute Gasteiger partial charge is 0.241 e. The topological polar surface area (TPSA) is 9.23 Å². The highest BCUT2D eigenvalue weighted by Gasteiger charge is 2.17. The fourth-order valence-electron chi connectivity index (χ4n) is 1.03. The summed E-state index contributed by atoms with van der Waals surface area (Å²) in [4.78, 5) is 0. The lowest BCUT2D eigenvalue weighted by molar-refractivity contribution is 0.396. The summed E-state index contributed by atoms with van der Waals surface area (Å²) >= 11 is 0. The van der Waals surface area contributed by atoms with Gasteiger partial charge in [-0.2, -0.15) is 0 Å². The SMILES string of the molecule is CCC(C)=C(CC)O[Si](C)(C)C. The van der Waals surface area contributed by atoms with Crippen molar-refractivity contribution in [1.29, 1.82) is 0 Å². The van der Waals surface area contributed by atoms with Gasteiger partial charge in [-0.05, 0) is 38.6 Å². The average Bonchev–Trinajstić information content (AvgIpc) is 1.97. The molecule has 72 valence electrons. The molecule has 0 atom stereocenters. The van der Waals surface area contributed by atoms with E-state index in [0.29, 0.717) is 0 Å². The van der Waals surface area contributed by atoms with Crippen LogP contribution in [-0.4, -0.2) is 8.32 Å². The summed E-state index contributed by atoms with van der Waals surface area (Å²) in [6.45, 7) is 13.2. The summed E-state index contributed by atoms with van der Waals surface area (Å²) in [6.07, 6.45) is 2.14. The molecule has 0 saturated heterocycles. The first-order chi connectivity index (χ1) is 5.40. The largest absolute Gasteiger partial charge is 0.547 e. The Labute approximate surface area is 78.0 Å². The number of rotatable bonds is 4. The van der Waals surface area contributed by atoms with Crippen LogP contribution >= 0.6 is 0 Å². The second-order valence-corrected chi connectivity index (χ2v) is 8.55. The fraction of sp³-hybridized carbons (Fsp3) is 0.800. The highest BCUT2D eigenvalue weighted by atomic mass is 28.4. The molecule has 0 rings (SSSR count). The number of hydrogen-bond acceptors (Lipinski definition) is 1. The quantitative estimate of drug-likeness (QED) is 0.477. The second kappa shape index (κ2) is 4.70. The lowest BCUT2D eigenvalue weighted by Gasteiger charge is -2.22. The van der Waals surface area contributed by atoms with Gasteiger partial charge >= 0.3 is 0 Å². The van der Waals surface area contributed by atoms with Gasteiger partial charge in [0.1, 0.15) is 0 Å². The van der Waals surface area contributed by atoms with E-state index in [4.69, 9.17) is 4.43 Å². The van der Waals surface area contributed by atoms with Crippen LogP contribution in [0.3, 0.4) is 0 Å². The minimum Gasteiger partial charge on any atom is -0.547 e. The van der Waals surface area contributed by atoms with E-state index in [1.54, 1.807) is 0 Å². The molecule has 0 bridgehead atoms. The van der Waals surface area contributed by atoms with Crippen molar-refractivity contribution in [3.63, 3.8) is 0 Å². The molecule has 0 heterocycles. The van der Waals surface area contributed by atoms with Crippen LogP contribution in [0.2, 0.25) is 19.6 Å². The lowest BCUT2D eigenvalue weighted by Crippen LogP contribution is -2.25. The molecular formula is C10H22OSi. The third kappa shape index (κ3) is 4.60. The minimum atomic E-state index is -1.38. The highest BCUT2D eigenvalue weighted by molar-refractivity contribution is 6.70. The van der Waals surface area contributed by atoms with Crippen LogP contribution in [0.15, 0.2) is 11.3 Å². The molecule has 0 radical (unpaired) electrons. The molecule has 2 heteroatoms. The molecule has 0 saturated carbocycles. The molecule has 0 aliphatic carbocycles. The minimum absolute atomic E-state index is 1.03. The van der Waals surface area contributed by atoms with E-state index in [9.17, 15) is 0 Å². The standard InChI is InChI=1S/C10H22OSi/c1-7-9(3)10(8-2)11-12(4,5)6/h7-8H2,1-6H3. The molecule has 0 aromatic rings. The molecule has 0 aromatic heterocycles. The molecule has 0 aromatic carbocycles. The normalized spacial score (nSPS) is 14.2. The monoisotopic (exact) mass is 186 g/mol. The summed E-state index contributed by atoms with van der Waals surface area (Å²) in [5.41, 5.74) is 1.40. The van der Waals surface area contributed by atoms with Crippen LogP contribution in [0, 0.1) is 0 Å². The van der Waals surface area contributed by atoms with Crippen LogP contribution in [0.1, 0.15) is 33.6 Å². The van der Waals surface area contributed by atoms with Crippen molar-refractivity contribution in [2.45, 2.75) is 53.3 Å². The van der Waals surface area contributed by atoms with Crippen LogP contribution in [-0.2, 0) is 4.43 Å². The van der Waals surface area contributed by atoms with E-state index < -0.39 is 8.32 Å². The zero-order valence-corrected chi connectivity index (χ0v) is 10.3.